The first-order chi connectivity index (χ1) is 7.88. The minimum atomic E-state index is -3.40. The van der Waals surface area contributed by atoms with E-state index < -0.39 is 10.0 Å². The van der Waals surface area contributed by atoms with Gasteiger partial charge in [0.05, 0.1) is 12.4 Å². The van der Waals surface area contributed by atoms with Crippen LogP contribution in [-0.4, -0.2) is 20.8 Å². The van der Waals surface area contributed by atoms with Crippen LogP contribution < -0.4 is 9.88 Å². The van der Waals surface area contributed by atoms with Gasteiger partial charge in [-0.1, -0.05) is 6.07 Å². The number of benzene rings is 1. The Kier molecular flexibility index (Phi) is 4.89. The number of sulfonamides is 1. The molecular weight excluding hydrogens is 245 g/mol. The zero-order valence-electron chi connectivity index (χ0n) is 9.65. The molecule has 1 rings (SSSR count). The predicted octanol–water partition coefficient (Wildman–Crippen LogP) is 1.58. The highest BCUT2D eigenvalue weighted by Gasteiger charge is 2.03. The molecule has 0 atom stereocenters. The average Bonchev–Trinajstić information content (AvgIpc) is 2.21. The topological polar surface area (TPSA) is 69.4 Å². The monoisotopic (exact) mass is 261 g/mol. The van der Waals surface area contributed by atoms with E-state index in [1.54, 1.807) is 6.07 Å². The molecule has 0 aliphatic rings. The fraction of sp³-hybridized carbons (Fsp3) is 0.455. The molecule has 0 aliphatic carbocycles. The van der Waals surface area contributed by atoms with Gasteiger partial charge in [-0.15, -0.1) is 0 Å². The van der Waals surface area contributed by atoms with Crippen LogP contribution in [0.5, 0.6) is 5.75 Å². The van der Waals surface area contributed by atoms with Crippen LogP contribution >= 0.6 is 0 Å². The summed E-state index contributed by atoms with van der Waals surface area (Å²) in [6.07, 6.45) is 1.000. The molecule has 1 aromatic carbocycles. The first kappa shape index (κ1) is 13.9. The van der Waals surface area contributed by atoms with E-state index in [-0.39, 0.29) is 11.6 Å². The lowest BCUT2D eigenvalue weighted by atomic mass is 10.2. The Bertz CT molecular complexity index is 474. The van der Waals surface area contributed by atoms with Crippen LogP contribution in [0.3, 0.4) is 0 Å². The van der Waals surface area contributed by atoms with Gasteiger partial charge in [-0.2, -0.15) is 0 Å². The molecule has 0 unspecified atom stereocenters. The lowest BCUT2D eigenvalue weighted by Gasteiger charge is -2.08. The Morgan fingerprint density at radius 1 is 1.35 bits per heavy atom. The second kappa shape index (κ2) is 5.97. The van der Waals surface area contributed by atoms with Crippen LogP contribution in [0.2, 0.25) is 0 Å². The molecule has 0 aromatic heterocycles. The van der Waals surface area contributed by atoms with Crippen LogP contribution in [0.15, 0.2) is 18.2 Å². The lowest BCUT2D eigenvalue weighted by Crippen LogP contribution is -2.16. The van der Waals surface area contributed by atoms with E-state index in [1.165, 1.54) is 12.1 Å². The number of halogens is 1. The summed E-state index contributed by atoms with van der Waals surface area (Å²) in [6.45, 7) is 2.17. The van der Waals surface area contributed by atoms with Crippen molar-refractivity contribution in [3.05, 3.63) is 29.6 Å². The smallest absolute Gasteiger partial charge is 0.209 e. The van der Waals surface area contributed by atoms with Gasteiger partial charge in [0.2, 0.25) is 10.0 Å². The number of aryl methyl sites for hydroxylation is 1. The second-order valence-electron chi connectivity index (χ2n) is 3.83. The van der Waals surface area contributed by atoms with E-state index in [9.17, 15) is 12.8 Å². The summed E-state index contributed by atoms with van der Waals surface area (Å²) in [7, 11) is -3.40. The van der Waals surface area contributed by atoms with E-state index >= 15 is 0 Å². The van der Waals surface area contributed by atoms with Gasteiger partial charge in [0.25, 0.3) is 0 Å². The Hall–Kier alpha value is -1.14. The predicted molar refractivity (Wildman–Crippen MR) is 63.8 cm³/mol. The van der Waals surface area contributed by atoms with E-state index in [2.05, 4.69) is 0 Å². The Morgan fingerprint density at radius 2 is 2.06 bits per heavy atom. The van der Waals surface area contributed by atoms with Crippen molar-refractivity contribution >= 4 is 10.0 Å². The number of unbranched alkanes of at least 4 members (excludes halogenated alkanes) is 1. The Morgan fingerprint density at radius 3 is 2.71 bits per heavy atom. The highest BCUT2D eigenvalue weighted by atomic mass is 32.2. The van der Waals surface area contributed by atoms with Crippen LogP contribution in [0.1, 0.15) is 18.4 Å². The molecule has 17 heavy (non-hydrogen) atoms. The van der Waals surface area contributed by atoms with Crippen LogP contribution in [0.25, 0.3) is 0 Å². The largest absolute Gasteiger partial charge is 0.493 e. The molecule has 0 spiro atoms. The number of rotatable bonds is 6. The van der Waals surface area contributed by atoms with Crippen LogP contribution in [0.4, 0.5) is 4.39 Å². The van der Waals surface area contributed by atoms with Crippen molar-refractivity contribution in [2.45, 2.75) is 19.8 Å². The molecule has 4 nitrogen and oxygen atoms in total. The zero-order valence-corrected chi connectivity index (χ0v) is 10.5. The van der Waals surface area contributed by atoms with E-state index in [0.717, 1.165) is 5.56 Å². The van der Waals surface area contributed by atoms with Crippen molar-refractivity contribution in [3.63, 3.8) is 0 Å². The van der Waals surface area contributed by atoms with Crippen LogP contribution in [-0.2, 0) is 10.0 Å². The quantitative estimate of drug-likeness (QED) is 0.790. The SMILES string of the molecule is Cc1ccc(F)cc1OCCCCS(N)(=O)=O. The number of primary sulfonamides is 1. The summed E-state index contributed by atoms with van der Waals surface area (Å²) < 4.78 is 39.6. The molecule has 0 bridgehead atoms. The van der Waals surface area contributed by atoms with Crippen molar-refractivity contribution in [2.75, 3.05) is 12.4 Å². The summed E-state index contributed by atoms with van der Waals surface area (Å²) in [5.74, 6) is 0.0779. The maximum atomic E-state index is 12.9. The average molecular weight is 261 g/mol. The van der Waals surface area contributed by atoms with Crippen molar-refractivity contribution < 1.29 is 17.5 Å². The maximum Gasteiger partial charge on any atom is 0.209 e. The fourth-order valence-electron chi connectivity index (χ4n) is 1.32. The van der Waals surface area contributed by atoms with E-state index in [1.807, 2.05) is 6.92 Å². The van der Waals surface area contributed by atoms with Gasteiger partial charge in [-0.3, -0.25) is 0 Å². The van der Waals surface area contributed by atoms with Gasteiger partial charge < -0.3 is 4.74 Å². The van der Waals surface area contributed by atoms with Crippen LogP contribution in [0, 0.1) is 12.7 Å². The zero-order chi connectivity index (χ0) is 12.9. The number of nitrogens with two attached hydrogens (primary N) is 1. The summed E-state index contributed by atoms with van der Waals surface area (Å²) >= 11 is 0. The molecule has 0 aliphatic heterocycles. The Labute approximate surface area is 101 Å². The molecule has 0 saturated carbocycles. The van der Waals surface area contributed by atoms with E-state index in [0.29, 0.717) is 25.2 Å². The third kappa shape index (κ3) is 5.65. The Balaban J connectivity index is 2.34. The van der Waals surface area contributed by atoms with Gasteiger partial charge in [0, 0.05) is 6.07 Å². The molecule has 0 fully saturated rings. The molecule has 1 aromatic rings. The van der Waals surface area contributed by atoms with Crippen molar-refractivity contribution in [1.29, 1.82) is 0 Å². The summed E-state index contributed by atoms with van der Waals surface area (Å²) in [6, 6.07) is 4.31. The first-order valence-corrected chi connectivity index (χ1v) is 6.99. The third-order valence-electron chi connectivity index (χ3n) is 2.23. The van der Waals surface area contributed by atoms with Crippen molar-refractivity contribution in [2.24, 2.45) is 5.14 Å². The molecular formula is C11H16FNO3S. The number of hydrogen-bond donors (Lipinski definition) is 1. The van der Waals surface area contributed by atoms with Gasteiger partial charge in [-0.05, 0) is 31.4 Å². The third-order valence-corrected chi connectivity index (χ3v) is 3.09. The van der Waals surface area contributed by atoms with Gasteiger partial charge in [-0.25, -0.2) is 17.9 Å². The molecule has 0 heterocycles. The molecule has 2 N–H and O–H groups in total. The molecule has 6 heteroatoms. The maximum absolute atomic E-state index is 12.9. The normalized spacial score (nSPS) is 11.5. The summed E-state index contributed by atoms with van der Waals surface area (Å²) in [5, 5.41) is 4.85. The minimum absolute atomic E-state index is 0.0571. The molecule has 0 saturated heterocycles. The molecule has 0 radical (unpaired) electrons. The lowest BCUT2D eigenvalue weighted by molar-refractivity contribution is 0.306. The summed E-state index contributed by atoms with van der Waals surface area (Å²) in [5.41, 5.74) is 0.845. The fourth-order valence-corrected chi connectivity index (χ4v) is 1.92. The van der Waals surface area contributed by atoms with E-state index in [4.69, 9.17) is 9.88 Å². The standard InChI is InChI=1S/C11H16FNO3S/c1-9-4-5-10(12)8-11(9)16-6-2-3-7-17(13,14)15/h4-5,8H,2-3,6-7H2,1H3,(H2,13,14,15). The highest BCUT2D eigenvalue weighted by Crippen LogP contribution is 2.18. The minimum Gasteiger partial charge on any atom is -0.493 e. The first-order valence-electron chi connectivity index (χ1n) is 5.28. The van der Waals surface area contributed by atoms with Gasteiger partial charge >= 0.3 is 0 Å². The molecule has 0 amide bonds. The number of hydrogen-bond acceptors (Lipinski definition) is 3. The van der Waals surface area contributed by atoms with Crippen molar-refractivity contribution in [3.8, 4) is 5.75 Å². The van der Waals surface area contributed by atoms with Crippen molar-refractivity contribution in [1.82, 2.24) is 0 Å². The second-order valence-corrected chi connectivity index (χ2v) is 5.57. The highest BCUT2D eigenvalue weighted by molar-refractivity contribution is 7.89. The summed E-state index contributed by atoms with van der Waals surface area (Å²) in [4.78, 5) is 0. The van der Waals surface area contributed by atoms with Gasteiger partial charge in [0.15, 0.2) is 0 Å². The molecule has 96 valence electrons. The van der Waals surface area contributed by atoms with Gasteiger partial charge in [0.1, 0.15) is 11.6 Å². The number of ether oxygens (including phenoxy) is 1.